The standard InChI is InChI=1S/C17H21F3N4OS/c1-11-8-12(4-5-13(11)25-3)9-23-16(21-2)22-7-6-15-24-14(10-26-15)17(18,19)20/h4-5,8,10H,6-7,9H2,1-3H3,(H2,21,22,23). The molecule has 2 aromatic rings. The van der Waals surface area contributed by atoms with E-state index in [1.165, 1.54) is 0 Å². The molecule has 2 rings (SSSR count). The van der Waals surface area contributed by atoms with Crippen LogP contribution in [0.1, 0.15) is 21.8 Å². The van der Waals surface area contributed by atoms with E-state index in [2.05, 4.69) is 20.6 Å². The largest absolute Gasteiger partial charge is 0.496 e. The topological polar surface area (TPSA) is 58.5 Å². The maximum absolute atomic E-state index is 12.5. The van der Waals surface area contributed by atoms with E-state index in [0.717, 1.165) is 33.6 Å². The van der Waals surface area contributed by atoms with Gasteiger partial charge in [0, 0.05) is 31.9 Å². The normalized spacial score (nSPS) is 12.2. The smallest absolute Gasteiger partial charge is 0.434 e. The van der Waals surface area contributed by atoms with Crippen molar-refractivity contribution < 1.29 is 17.9 Å². The number of aliphatic imine (C=N–C) groups is 1. The average Bonchev–Trinajstić information content (AvgIpc) is 3.07. The third-order valence-electron chi connectivity index (χ3n) is 3.62. The van der Waals surface area contributed by atoms with Crippen molar-refractivity contribution in [2.45, 2.75) is 26.1 Å². The quantitative estimate of drug-likeness (QED) is 0.590. The fourth-order valence-corrected chi connectivity index (χ4v) is 3.11. The van der Waals surface area contributed by atoms with Gasteiger partial charge in [-0.3, -0.25) is 4.99 Å². The van der Waals surface area contributed by atoms with E-state index in [9.17, 15) is 13.2 Å². The highest BCUT2D eigenvalue weighted by Gasteiger charge is 2.33. The Morgan fingerprint density at radius 2 is 2.08 bits per heavy atom. The van der Waals surface area contributed by atoms with Crippen LogP contribution in [0.5, 0.6) is 5.75 Å². The van der Waals surface area contributed by atoms with E-state index in [1.54, 1.807) is 14.2 Å². The summed E-state index contributed by atoms with van der Waals surface area (Å²) in [5, 5.41) is 7.71. The van der Waals surface area contributed by atoms with Gasteiger partial charge in [0.1, 0.15) is 5.75 Å². The SMILES string of the molecule is CN=C(NCCc1nc(C(F)(F)F)cs1)NCc1ccc(OC)c(C)c1. The van der Waals surface area contributed by atoms with E-state index >= 15 is 0 Å². The van der Waals surface area contributed by atoms with Gasteiger partial charge in [-0.1, -0.05) is 12.1 Å². The molecule has 5 nitrogen and oxygen atoms in total. The van der Waals surface area contributed by atoms with Crippen LogP contribution in [0.15, 0.2) is 28.6 Å². The zero-order chi connectivity index (χ0) is 19.2. The average molecular weight is 386 g/mol. The van der Waals surface area contributed by atoms with Gasteiger partial charge in [-0.15, -0.1) is 11.3 Å². The van der Waals surface area contributed by atoms with Crippen molar-refractivity contribution >= 4 is 17.3 Å². The zero-order valence-electron chi connectivity index (χ0n) is 14.8. The number of aromatic nitrogens is 1. The van der Waals surface area contributed by atoms with Gasteiger partial charge in [0.15, 0.2) is 11.7 Å². The second-order valence-electron chi connectivity index (χ2n) is 5.53. The summed E-state index contributed by atoms with van der Waals surface area (Å²) in [7, 11) is 3.27. The monoisotopic (exact) mass is 386 g/mol. The minimum Gasteiger partial charge on any atom is -0.496 e. The molecule has 0 radical (unpaired) electrons. The lowest BCUT2D eigenvalue weighted by Crippen LogP contribution is -2.37. The van der Waals surface area contributed by atoms with Crippen molar-refractivity contribution in [3.8, 4) is 5.75 Å². The summed E-state index contributed by atoms with van der Waals surface area (Å²) in [4.78, 5) is 7.71. The van der Waals surface area contributed by atoms with Crippen LogP contribution in [0.3, 0.4) is 0 Å². The van der Waals surface area contributed by atoms with Gasteiger partial charge in [0.2, 0.25) is 0 Å². The molecule has 1 aromatic carbocycles. The predicted molar refractivity (Wildman–Crippen MR) is 96.8 cm³/mol. The minimum absolute atomic E-state index is 0.392. The predicted octanol–water partition coefficient (Wildman–Crippen LogP) is 3.39. The van der Waals surface area contributed by atoms with E-state index in [1.807, 2.05) is 25.1 Å². The van der Waals surface area contributed by atoms with Crippen LogP contribution in [-0.2, 0) is 19.1 Å². The molecule has 0 atom stereocenters. The zero-order valence-corrected chi connectivity index (χ0v) is 15.6. The van der Waals surface area contributed by atoms with Gasteiger partial charge in [0.05, 0.1) is 12.1 Å². The van der Waals surface area contributed by atoms with Crippen LogP contribution in [0.2, 0.25) is 0 Å². The molecule has 0 saturated carbocycles. The van der Waals surface area contributed by atoms with Gasteiger partial charge in [-0.05, 0) is 24.1 Å². The van der Waals surface area contributed by atoms with Gasteiger partial charge < -0.3 is 15.4 Å². The Labute approximate surface area is 154 Å². The third-order valence-corrected chi connectivity index (χ3v) is 4.52. The molecule has 0 amide bonds. The molecule has 0 saturated heterocycles. The molecule has 0 bridgehead atoms. The van der Waals surface area contributed by atoms with Crippen molar-refractivity contribution in [3.05, 3.63) is 45.4 Å². The number of guanidine groups is 1. The second kappa shape index (κ2) is 8.88. The number of alkyl halides is 3. The first-order valence-corrected chi connectivity index (χ1v) is 8.81. The lowest BCUT2D eigenvalue weighted by atomic mass is 10.1. The number of rotatable bonds is 6. The number of aryl methyl sites for hydroxylation is 1. The van der Waals surface area contributed by atoms with Gasteiger partial charge in [-0.25, -0.2) is 4.98 Å². The Bertz CT molecular complexity index is 759. The fraction of sp³-hybridized carbons (Fsp3) is 0.412. The lowest BCUT2D eigenvalue weighted by Gasteiger charge is -2.12. The number of hydrogen-bond acceptors (Lipinski definition) is 4. The number of ether oxygens (including phenoxy) is 1. The first-order valence-electron chi connectivity index (χ1n) is 7.93. The van der Waals surface area contributed by atoms with Gasteiger partial charge in [-0.2, -0.15) is 13.2 Å². The molecule has 1 aromatic heterocycles. The highest BCUT2D eigenvalue weighted by Crippen LogP contribution is 2.30. The second-order valence-corrected chi connectivity index (χ2v) is 6.47. The van der Waals surface area contributed by atoms with Crippen molar-refractivity contribution in [2.75, 3.05) is 20.7 Å². The molecular weight excluding hydrogens is 365 g/mol. The molecular formula is C17H21F3N4OS. The lowest BCUT2D eigenvalue weighted by molar-refractivity contribution is -0.140. The number of benzene rings is 1. The van der Waals surface area contributed by atoms with Crippen molar-refractivity contribution in [3.63, 3.8) is 0 Å². The Morgan fingerprint density at radius 3 is 2.65 bits per heavy atom. The number of methoxy groups -OCH3 is 1. The molecule has 9 heteroatoms. The Kier molecular flexibility index (Phi) is 6.84. The molecule has 0 aliphatic carbocycles. The number of nitrogens with zero attached hydrogens (tertiary/aromatic N) is 2. The van der Waals surface area contributed by atoms with Crippen LogP contribution >= 0.6 is 11.3 Å². The summed E-state index contributed by atoms with van der Waals surface area (Å²) in [6.07, 6.45) is -4.00. The summed E-state index contributed by atoms with van der Waals surface area (Å²) in [6, 6.07) is 5.89. The maximum atomic E-state index is 12.5. The number of hydrogen-bond donors (Lipinski definition) is 2. The Hall–Kier alpha value is -2.29. The molecule has 0 aliphatic heterocycles. The van der Waals surface area contributed by atoms with Gasteiger partial charge >= 0.3 is 6.18 Å². The highest BCUT2D eigenvalue weighted by atomic mass is 32.1. The molecule has 0 unspecified atom stereocenters. The van der Waals surface area contributed by atoms with Crippen LogP contribution in [0.25, 0.3) is 0 Å². The molecule has 142 valence electrons. The van der Waals surface area contributed by atoms with E-state index in [-0.39, 0.29) is 0 Å². The Balaban J connectivity index is 1.81. The van der Waals surface area contributed by atoms with Crippen LogP contribution in [0.4, 0.5) is 13.2 Å². The van der Waals surface area contributed by atoms with Crippen molar-refractivity contribution in [2.24, 2.45) is 4.99 Å². The summed E-state index contributed by atoms with van der Waals surface area (Å²) in [5.74, 6) is 1.41. The molecule has 26 heavy (non-hydrogen) atoms. The number of thiazole rings is 1. The van der Waals surface area contributed by atoms with Gasteiger partial charge in [0.25, 0.3) is 0 Å². The molecule has 0 spiro atoms. The highest BCUT2D eigenvalue weighted by molar-refractivity contribution is 7.09. The first kappa shape index (κ1) is 20.0. The number of nitrogens with one attached hydrogen (secondary N) is 2. The van der Waals surface area contributed by atoms with Crippen LogP contribution in [0, 0.1) is 6.92 Å². The molecule has 1 heterocycles. The molecule has 2 N–H and O–H groups in total. The van der Waals surface area contributed by atoms with E-state index in [4.69, 9.17) is 4.74 Å². The van der Waals surface area contributed by atoms with Crippen molar-refractivity contribution in [1.82, 2.24) is 15.6 Å². The number of halogens is 3. The minimum atomic E-state index is -4.39. The first-order chi connectivity index (χ1) is 12.3. The van der Waals surface area contributed by atoms with E-state index in [0.29, 0.717) is 30.5 Å². The summed E-state index contributed by atoms with van der Waals surface area (Å²) in [6.45, 7) is 2.98. The summed E-state index contributed by atoms with van der Waals surface area (Å²) < 4.78 is 42.8. The molecule has 0 aliphatic rings. The summed E-state index contributed by atoms with van der Waals surface area (Å²) in [5.41, 5.74) is 1.27. The maximum Gasteiger partial charge on any atom is 0.434 e. The van der Waals surface area contributed by atoms with Crippen molar-refractivity contribution in [1.29, 1.82) is 0 Å². The van der Waals surface area contributed by atoms with E-state index < -0.39 is 11.9 Å². The third kappa shape index (κ3) is 5.62. The van der Waals surface area contributed by atoms with Crippen LogP contribution in [-0.4, -0.2) is 31.6 Å². The molecule has 0 fully saturated rings. The summed E-state index contributed by atoms with van der Waals surface area (Å²) >= 11 is 1.01. The van der Waals surface area contributed by atoms with Crippen LogP contribution < -0.4 is 15.4 Å². The Morgan fingerprint density at radius 1 is 1.31 bits per heavy atom. The fourth-order valence-electron chi connectivity index (χ4n) is 2.30.